The summed E-state index contributed by atoms with van der Waals surface area (Å²) in [5, 5.41) is 4.15. The van der Waals surface area contributed by atoms with Crippen LogP contribution in [0.2, 0.25) is 0 Å². The van der Waals surface area contributed by atoms with Gasteiger partial charge < -0.3 is 0 Å². The van der Waals surface area contributed by atoms with Gasteiger partial charge in [0.25, 0.3) is 5.56 Å². The van der Waals surface area contributed by atoms with Crippen molar-refractivity contribution in [2.24, 2.45) is 0 Å². The fourth-order valence-corrected chi connectivity index (χ4v) is 2.84. The maximum Gasteiger partial charge on any atom is 0.266 e. The largest absolute Gasteiger partial charge is 0.293 e. The van der Waals surface area contributed by atoms with E-state index in [1.165, 1.54) is 0 Å². The van der Waals surface area contributed by atoms with Crippen LogP contribution in [0.1, 0.15) is 24.4 Å². The highest BCUT2D eigenvalue weighted by Crippen LogP contribution is 2.20. The average Bonchev–Trinajstić information content (AvgIpc) is 2.89. The maximum absolute atomic E-state index is 11.8. The van der Waals surface area contributed by atoms with E-state index in [0.29, 0.717) is 12.6 Å². The minimum absolute atomic E-state index is 0.0396. The number of hydrogen-bond acceptors (Lipinski definition) is 5. The van der Waals surface area contributed by atoms with Crippen LogP contribution in [-0.4, -0.2) is 37.2 Å². The number of hydrogen-bond donors (Lipinski definition) is 0. The predicted molar refractivity (Wildman–Crippen MR) is 78.7 cm³/mol. The third kappa shape index (κ3) is 3.33. The van der Waals surface area contributed by atoms with E-state index in [0.717, 1.165) is 37.4 Å². The summed E-state index contributed by atoms with van der Waals surface area (Å²) < 4.78 is 1.55. The van der Waals surface area contributed by atoms with E-state index < -0.39 is 0 Å². The molecule has 0 aliphatic carbocycles. The summed E-state index contributed by atoms with van der Waals surface area (Å²) in [5.41, 5.74) is 0.991. The topological polar surface area (TPSA) is 63.9 Å². The normalized spacial score (nSPS) is 19.0. The highest BCUT2D eigenvalue weighted by Gasteiger charge is 2.25. The molecule has 6 heteroatoms. The third-order valence-corrected chi connectivity index (χ3v) is 3.87. The molecule has 0 bridgehead atoms. The Balaban J connectivity index is 1.71. The SMILES string of the molecule is Cc1nccc(CN2CCCC2Cn2ncccc2=O)n1. The molecule has 2 aromatic rings. The molecule has 0 spiro atoms. The fraction of sp³-hybridized carbons (Fsp3) is 0.467. The zero-order valence-electron chi connectivity index (χ0n) is 12.1. The van der Waals surface area contributed by atoms with Gasteiger partial charge >= 0.3 is 0 Å². The predicted octanol–water partition coefficient (Wildman–Crippen LogP) is 1.01. The molecular formula is C15H19N5O. The van der Waals surface area contributed by atoms with Crippen LogP contribution < -0.4 is 5.56 Å². The standard InChI is InChI=1S/C15H19N5O/c1-12-16-8-6-13(18-12)10-19-9-3-4-14(19)11-20-15(21)5-2-7-17-20/h2,5-8,14H,3-4,9-11H2,1H3. The molecule has 6 nitrogen and oxygen atoms in total. The van der Waals surface area contributed by atoms with Crippen molar-refractivity contribution in [1.29, 1.82) is 0 Å². The lowest BCUT2D eigenvalue weighted by Crippen LogP contribution is -2.36. The lowest BCUT2D eigenvalue weighted by Gasteiger charge is -2.24. The van der Waals surface area contributed by atoms with Gasteiger partial charge in [0.2, 0.25) is 0 Å². The quantitative estimate of drug-likeness (QED) is 0.839. The Bertz CT molecular complexity index is 669. The first-order valence-corrected chi connectivity index (χ1v) is 7.27. The van der Waals surface area contributed by atoms with Gasteiger partial charge in [0, 0.05) is 31.0 Å². The van der Waals surface area contributed by atoms with Crippen molar-refractivity contribution in [3.63, 3.8) is 0 Å². The minimum Gasteiger partial charge on any atom is -0.293 e. The molecule has 0 amide bonds. The Hall–Kier alpha value is -2.08. The lowest BCUT2D eigenvalue weighted by molar-refractivity contribution is 0.214. The summed E-state index contributed by atoms with van der Waals surface area (Å²) in [4.78, 5) is 22.7. The molecule has 110 valence electrons. The van der Waals surface area contributed by atoms with Gasteiger partial charge in [0.05, 0.1) is 12.2 Å². The van der Waals surface area contributed by atoms with Gasteiger partial charge in [-0.1, -0.05) is 0 Å². The minimum atomic E-state index is -0.0396. The maximum atomic E-state index is 11.8. The zero-order valence-corrected chi connectivity index (χ0v) is 12.1. The second-order valence-electron chi connectivity index (χ2n) is 5.41. The van der Waals surface area contributed by atoms with Crippen LogP contribution >= 0.6 is 0 Å². The van der Waals surface area contributed by atoms with E-state index in [1.54, 1.807) is 29.2 Å². The highest BCUT2D eigenvalue weighted by atomic mass is 16.1. The molecule has 0 saturated carbocycles. The fourth-order valence-electron chi connectivity index (χ4n) is 2.84. The molecule has 0 N–H and O–H groups in total. The van der Waals surface area contributed by atoms with Crippen LogP contribution in [0.5, 0.6) is 0 Å². The number of likely N-dealkylation sites (tertiary alicyclic amines) is 1. The van der Waals surface area contributed by atoms with Gasteiger partial charge in [-0.25, -0.2) is 14.6 Å². The molecule has 1 atom stereocenters. The Morgan fingerprint density at radius 1 is 1.33 bits per heavy atom. The van der Waals surface area contributed by atoms with E-state index in [4.69, 9.17) is 0 Å². The first-order chi connectivity index (χ1) is 10.2. The zero-order chi connectivity index (χ0) is 14.7. The Morgan fingerprint density at radius 3 is 3.05 bits per heavy atom. The molecule has 1 aliphatic rings. The summed E-state index contributed by atoms with van der Waals surface area (Å²) in [7, 11) is 0. The van der Waals surface area contributed by atoms with E-state index in [1.807, 2.05) is 13.0 Å². The summed E-state index contributed by atoms with van der Waals surface area (Å²) in [6.07, 6.45) is 5.70. The van der Waals surface area contributed by atoms with Crippen LogP contribution in [0, 0.1) is 6.92 Å². The Labute approximate surface area is 123 Å². The Kier molecular flexibility index (Phi) is 4.06. The van der Waals surface area contributed by atoms with Crippen LogP contribution in [0.4, 0.5) is 0 Å². The molecule has 3 heterocycles. The molecule has 1 aliphatic heterocycles. The average molecular weight is 285 g/mol. The summed E-state index contributed by atoms with van der Waals surface area (Å²) in [5.74, 6) is 0.796. The second kappa shape index (κ2) is 6.13. The molecule has 21 heavy (non-hydrogen) atoms. The number of aryl methyl sites for hydroxylation is 1. The van der Waals surface area contributed by atoms with Gasteiger partial charge in [-0.2, -0.15) is 5.10 Å². The molecule has 0 radical (unpaired) electrons. The van der Waals surface area contributed by atoms with Crippen molar-refractivity contribution in [3.05, 3.63) is 52.5 Å². The van der Waals surface area contributed by atoms with Crippen LogP contribution in [0.15, 0.2) is 35.4 Å². The van der Waals surface area contributed by atoms with E-state index in [9.17, 15) is 4.79 Å². The van der Waals surface area contributed by atoms with Crippen LogP contribution in [-0.2, 0) is 13.1 Å². The van der Waals surface area contributed by atoms with Crippen molar-refractivity contribution in [1.82, 2.24) is 24.6 Å². The summed E-state index contributed by atoms with van der Waals surface area (Å²) in [6, 6.07) is 5.53. The smallest absolute Gasteiger partial charge is 0.266 e. The van der Waals surface area contributed by atoms with Gasteiger partial charge in [-0.05, 0) is 38.4 Å². The van der Waals surface area contributed by atoms with Gasteiger partial charge in [-0.3, -0.25) is 9.69 Å². The van der Waals surface area contributed by atoms with Gasteiger partial charge in [-0.15, -0.1) is 0 Å². The van der Waals surface area contributed by atoms with E-state index in [2.05, 4.69) is 20.0 Å². The molecule has 0 aromatic carbocycles. The van der Waals surface area contributed by atoms with Crippen LogP contribution in [0.25, 0.3) is 0 Å². The molecular weight excluding hydrogens is 266 g/mol. The van der Waals surface area contributed by atoms with Gasteiger partial charge in [0.1, 0.15) is 5.82 Å². The van der Waals surface area contributed by atoms with E-state index in [-0.39, 0.29) is 5.56 Å². The molecule has 1 saturated heterocycles. The highest BCUT2D eigenvalue weighted by molar-refractivity contribution is 5.02. The second-order valence-corrected chi connectivity index (χ2v) is 5.41. The first kappa shape index (κ1) is 13.9. The Morgan fingerprint density at radius 2 is 2.24 bits per heavy atom. The van der Waals surface area contributed by atoms with Crippen LogP contribution in [0.3, 0.4) is 0 Å². The van der Waals surface area contributed by atoms with E-state index >= 15 is 0 Å². The molecule has 1 unspecified atom stereocenters. The van der Waals surface area contributed by atoms with Crippen molar-refractivity contribution >= 4 is 0 Å². The number of nitrogens with zero attached hydrogens (tertiary/aromatic N) is 5. The third-order valence-electron chi connectivity index (χ3n) is 3.87. The first-order valence-electron chi connectivity index (χ1n) is 7.27. The lowest BCUT2D eigenvalue weighted by atomic mass is 10.2. The number of rotatable bonds is 4. The summed E-state index contributed by atoms with van der Waals surface area (Å²) in [6.45, 7) is 4.38. The molecule has 3 rings (SSSR count). The van der Waals surface area contributed by atoms with Crippen molar-refractivity contribution in [3.8, 4) is 0 Å². The monoisotopic (exact) mass is 285 g/mol. The van der Waals surface area contributed by atoms with Gasteiger partial charge in [0.15, 0.2) is 0 Å². The van der Waals surface area contributed by atoms with Crippen molar-refractivity contribution < 1.29 is 0 Å². The van der Waals surface area contributed by atoms with Crippen molar-refractivity contribution in [2.45, 2.75) is 38.9 Å². The molecule has 1 fully saturated rings. The summed E-state index contributed by atoms with van der Waals surface area (Å²) >= 11 is 0. The van der Waals surface area contributed by atoms with Crippen molar-refractivity contribution in [2.75, 3.05) is 6.54 Å². The number of aromatic nitrogens is 4. The molecule has 2 aromatic heterocycles.